The maximum atomic E-state index is 5.67. The van der Waals surface area contributed by atoms with Crippen molar-refractivity contribution in [2.75, 3.05) is 13.1 Å². The van der Waals surface area contributed by atoms with Crippen LogP contribution in [0.25, 0.3) is 0 Å². The quantitative estimate of drug-likeness (QED) is 0.394. The smallest absolute Gasteiger partial charge is 0.107 e. The highest BCUT2D eigenvalue weighted by Crippen LogP contribution is 2.16. The van der Waals surface area contributed by atoms with Crippen LogP contribution in [0.3, 0.4) is 0 Å². The second kappa shape index (κ2) is 13.5. The maximum absolute atomic E-state index is 5.67. The van der Waals surface area contributed by atoms with Gasteiger partial charge in [0.1, 0.15) is 4.99 Å². The Morgan fingerprint density at radius 2 is 1.76 bits per heavy atom. The molecule has 1 aliphatic heterocycles. The van der Waals surface area contributed by atoms with E-state index in [4.69, 9.17) is 12.2 Å². The molecule has 1 heterocycles. The lowest BCUT2D eigenvalue weighted by molar-refractivity contribution is 0.575. The molecule has 25 heavy (non-hydrogen) atoms. The van der Waals surface area contributed by atoms with Gasteiger partial charge in [-0.2, -0.15) is 0 Å². The molecule has 2 nitrogen and oxygen atoms in total. The van der Waals surface area contributed by atoms with Crippen LogP contribution in [0.5, 0.6) is 0 Å². The molecule has 2 N–H and O–H groups in total. The van der Waals surface area contributed by atoms with Gasteiger partial charge in [0.05, 0.1) is 0 Å². The van der Waals surface area contributed by atoms with Gasteiger partial charge in [0, 0.05) is 18.2 Å². The molecule has 2 rings (SSSR count). The first-order valence-electron chi connectivity index (χ1n) is 9.90. The summed E-state index contributed by atoms with van der Waals surface area (Å²) in [6, 6.07) is 9.17. The van der Waals surface area contributed by atoms with Gasteiger partial charge in [0.25, 0.3) is 0 Å². The summed E-state index contributed by atoms with van der Waals surface area (Å²) in [6.07, 6.45) is 13.3. The summed E-state index contributed by atoms with van der Waals surface area (Å²) in [5.41, 5.74) is 2.65. The minimum absolute atomic E-state index is 0. The monoisotopic (exact) mass is 382 g/mol. The zero-order valence-electron chi connectivity index (χ0n) is 15.7. The molecular weight excluding hydrogens is 348 g/mol. The molecule has 0 saturated carbocycles. The minimum atomic E-state index is 0. The van der Waals surface area contributed by atoms with Crippen molar-refractivity contribution >= 4 is 29.6 Å². The lowest BCUT2D eigenvalue weighted by Gasteiger charge is -2.16. The van der Waals surface area contributed by atoms with E-state index >= 15 is 0 Å². The van der Waals surface area contributed by atoms with Crippen LogP contribution >= 0.6 is 24.6 Å². The fourth-order valence-corrected chi connectivity index (χ4v) is 3.82. The predicted molar refractivity (Wildman–Crippen MR) is 116 cm³/mol. The fraction of sp³-hybridized carbons (Fsp3) is 0.667. The molecule has 0 spiro atoms. The molecule has 1 fully saturated rings. The van der Waals surface area contributed by atoms with E-state index in [1.165, 1.54) is 68.9 Å². The summed E-state index contributed by atoms with van der Waals surface area (Å²) in [4.78, 5) is 0.930. The predicted octanol–water partition coefficient (Wildman–Crippen LogP) is 5.42. The second-order valence-electron chi connectivity index (χ2n) is 7.05. The topological polar surface area (TPSA) is 24.1 Å². The van der Waals surface area contributed by atoms with Gasteiger partial charge in [-0.25, -0.2) is 0 Å². The Labute approximate surface area is 166 Å². The molecule has 0 unspecified atom stereocenters. The van der Waals surface area contributed by atoms with Crippen molar-refractivity contribution in [2.45, 2.75) is 77.2 Å². The van der Waals surface area contributed by atoms with Crippen molar-refractivity contribution in [3.8, 4) is 0 Å². The van der Waals surface area contributed by atoms with Crippen molar-refractivity contribution in [1.82, 2.24) is 10.6 Å². The number of rotatable bonds is 11. The Hall–Kier alpha value is -0.640. The number of benzene rings is 1. The first-order chi connectivity index (χ1) is 11.8. The Morgan fingerprint density at radius 1 is 1.08 bits per heavy atom. The summed E-state index contributed by atoms with van der Waals surface area (Å²) >= 11 is 5.67. The van der Waals surface area contributed by atoms with Gasteiger partial charge in [-0.05, 0) is 31.4 Å². The third-order valence-electron chi connectivity index (χ3n) is 4.96. The molecule has 4 heteroatoms. The highest BCUT2D eigenvalue weighted by molar-refractivity contribution is 7.80. The Bertz CT molecular complexity index is 487. The van der Waals surface area contributed by atoms with E-state index in [0.29, 0.717) is 6.04 Å². The molecule has 1 saturated heterocycles. The molecule has 0 aromatic heterocycles. The first-order valence-corrected chi connectivity index (χ1v) is 10.3. The van der Waals surface area contributed by atoms with Gasteiger partial charge in [0.2, 0.25) is 0 Å². The molecule has 0 amide bonds. The Morgan fingerprint density at radius 3 is 2.44 bits per heavy atom. The summed E-state index contributed by atoms with van der Waals surface area (Å²) in [5.74, 6) is 0. The molecule has 142 valence electrons. The van der Waals surface area contributed by atoms with Crippen LogP contribution in [-0.2, 0) is 6.42 Å². The SMILES string of the molecule is CCCCCCCCCCc1ccccc1C(=S)N[C@@H]1CCNC1.Cl. The number of hydrogen-bond acceptors (Lipinski definition) is 2. The van der Waals surface area contributed by atoms with Gasteiger partial charge in [-0.15, -0.1) is 12.4 Å². The van der Waals surface area contributed by atoms with Gasteiger partial charge < -0.3 is 10.6 Å². The molecule has 1 aromatic carbocycles. The highest BCUT2D eigenvalue weighted by atomic mass is 35.5. The third kappa shape index (κ3) is 8.52. The van der Waals surface area contributed by atoms with Gasteiger partial charge in [-0.3, -0.25) is 0 Å². The average Bonchev–Trinajstić information content (AvgIpc) is 3.10. The van der Waals surface area contributed by atoms with Crippen molar-refractivity contribution in [3.05, 3.63) is 35.4 Å². The number of aryl methyl sites for hydroxylation is 1. The largest absolute Gasteiger partial charge is 0.372 e. The van der Waals surface area contributed by atoms with Gasteiger partial charge >= 0.3 is 0 Å². The molecule has 1 aliphatic rings. The van der Waals surface area contributed by atoms with E-state index in [9.17, 15) is 0 Å². The number of thiocarbonyl (C=S) groups is 1. The molecule has 1 atom stereocenters. The number of nitrogens with one attached hydrogen (secondary N) is 2. The lowest BCUT2D eigenvalue weighted by Crippen LogP contribution is -2.36. The molecular formula is C21H35ClN2S. The zero-order valence-corrected chi connectivity index (χ0v) is 17.3. The van der Waals surface area contributed by atoms with Crippen LogP contribution < -0.4 is 10.6 Å². The molecule has 0 radical (unpaired) electrons. The second-order valence-corrected chi connectivity index (χ2v) is 7.45. The van der Waals surface area contributed by atoms with Gasteiger partial charge in [0.15, 0.2) is 0 Å². The van der Waals surface area contributed by atoms with Crippen molar-refractivity contribution in [3.63, 3.8) is 0 Å². The molecule has 0 bridgehead atoms. The zero-order chi connectivity index (χ0) is 17.0. The van der Waals surface area contributed by atoms with E-state index < -0.39 is 0 Å². The molecule has 0 aliphatic carbocycles. The van der Waals surface area contributed by atoms with Gasteiger partial charge in [-0.1, -0.05) is 88.4 Å². The third-order valence-corrected chi connectivity index (χ3v) is 5.29. The van der Waals surface area contributed by atoms with Crippen LogP contribution in [0, 0.1) is 0 Å². The fourth-order valence-electron chi connectivity index (χ4n) is 3.45. The maximum Gasteiger partial charge on any atom is 0.107 e. The Balaban J connectivity index is 0.00000312. The van der Waals surface area contributed by atoms with Crippen LogP contribution in [0.15, 0.2) is 24.3 Å². The van der Waals surface area contributed by atoms with E-state index in [0.717, 1.165) is 24.5 Å². The van der Waals surface area contributed by atoms with Crippen LogP contribution in [0.1, 0.15) is 75.8 Å². The number of unbranched alkanes of at least 4 members (excludes halogenated alkanes) is 7. The normalized spacial score (nSPS) is 16.4. The summed E-state index contributed by atoms with van der Waals surface area (Å²) in [6.45, 7) is 4.40. The van der Waals surface area contributed by atoms with Crippen LogP contribution in [-0.4, -0.2) is 24.1 Å². The average molecular weight is 383 g/mol. The standard InChI is InChI=1S/C21H34N2S.ClH/c1-2-3-4-5-6-7-8-9-12-18-13-10-11-14-20(18)21(24)23-19-15-16-22-17-19;/h10-11,13-14,19,22H,2-9,12,15-17H2,1H3,(H,23,24);1H/t19-;/m1./s1. The van der Waals surface area contributed by atoms with E-state index in [-0.39, 0.29) is 12.4 Å². The lowest BCUT2D eigenvalue weighted by atomic mass is 10.00. The van der Waals surface area contributed by atoms with E-state index in [1.54, 1.807) is 0 Å². The van der Waals surface area contributed by atoms with E-state index in [1.807, 2.05) is 0 Å². The number of halogens is 1. The van der Waals surface area contributed by atoms with Crippen LogP contribution in [0.4, 0.5) is 0 Å². The number of hydrogen-bond donors (Lipinski definition) is 2. The van der Waals surface area contributed by atoms with Crippen LogP contribution in [0.2, 0.25) is 0 Å². The molecule has 1 aromatic rings. The summed E-state index contributed by atoms with van der Waals surface area (Å²) in [7, 11) is 0. The van der Waals surface area contributed by atoms with Crippen molar-refractivity contribution in [1.29, 1.82) is 0 Å². The highest BCUT2D eigenvalue weighted by Gasteiger charge is 2.16. The Kier molecular flexibility index (Phi) is 12.1. The summed E-state index contributed by atoms with van der Waals surface area (Å²) < 4.78 is 0. The van der Waals surface area contributed by atoms with Crippen molar-refractivity contribution in [2.24, 2.45) is 0 Å². The minimum Gasteiger partial charge on any atom is -0.372 e. The first kappa shape index (κ1) is 22.4. The van der Waals surface area contributed by atoms with Crippen molar-refractivity contribution < 1.29 is 0 Å². The van der Waals surface area contributed by atoms with E-state index in [2.05, 4.69) is 41.8 Å². The summed E-state index contributed by atoms with van der Waals surface area (Å²) in [5, 5.41) is 6.92.